The molecule has 0 saturated heterocycles. The van der Waals surface area contributed by atoms with Gasteiger partial charge in [-0.15, -0.1) is 0 Å². The molecule has 0 rings (SSSR count). The first-order valence-corrected chi connectivity index (χ1v) is 26.1. The van der Waals surface area contributed by atoms with Gasteiger partial charge >= 0.3 is 5.97 Å². The van der Waals surface area contributed by atoms with Crippen LogP contribution in [0.1, 0.15) is 101 Å². The second-order valence-electron chi connectivity index (χ2n) is 17.0. The maximum atomic E-state index is 11.6. The fourth-order valence-corrected chi connectivity index (χ4v) is 7.42. The highest BCUT2D eigenvalue weighted by Gasteiger charge is 2.40. The van der Waals surface area contributed by atoms with Crippen LogP contribution < -0.4 is 0 Å². The van der Waals surface area contributed by atoms with Crippen LogP contribution in [0.25, 0.3) is 0 Å². The molecule has 47 heavy (non-hydrogen) atoms. The highest BCUT2D eigenvalue weighted by molar-refractivity contribution is 6.75. The van der Waals surface area contributed by atoms with Crippen LogP contribution in [0.4, 0.5) is 0 Å². The lowest BCUT2D eigenvalue weighted by atomic mass is 10.1. The van der Waals surface area contributed by atoms with E-state index in [-0.39, 0.29) is 39.4 Å². The summed E-state index contributed by atoms with van der Waals surface area (Å²) in [7, 11) is -4.45. The Kier molecular flexibility index (Phi) is 18.8. The van der Waals surface area contributed by atoms with Crippen LogP contribution in [0, 0.1) is 23.7 Å². The number of rotatable bonds is 15. The Morgan fingerprint density at radius 2 is 1.21 bits per heavy atom. The molecular formula is C39H70O5Si3. The maximum Gasteiger partial charge on any atom is 0.305 e. The quantitative estimate of drug-likeness (QED) is 0.0736. The van der Waals surface area contributed by atoms with Gasteiger partial charge in [0, 0.05) is 12.8 Å². The van der Waals surface area contributed by atoms with Gasteiger partial charge in [0.2, 0.25) is 0 Å². The Labute approximate surface area is 294 Å². The zero-order valence-electron chi connectivity index (χ0n) is 33.3. The van der Waals surface area contributed by atoms with Crippen molar-refractivity contribution < 1.29 is 22.8 Å². The van der Waals surface area contributed by atoms with Crippen LogP contribution in [0.3, 0.4) is 0 Å². The van der Waals surface area contributed by atoms with E-state index in [1.165, 1.54) is 7.11 Å². The van der Waals surface area contributed by atoms with Crippen molar-refractivity contribution in [1.29, 1.82) is 0 Å². The maximum absolute atomic E-state index is 11.6. The molecule has 5 nitrogen and oxygen atoms in total. The minimum absolute atomic E-state index is 0.0713. The third-order valence-corrected chi connectivity index (χ3v) is 23.4. The number of ether oxygens (including phenoxy) is 1. The van der Waals surface area contributed by atoms with Crippen molar-refractivity contribution in [3.63, 3.8) is 0 Å². The largest absolute Gasteiger partial charge is 0.469 e. The molecule has 0 aliphatic carbocycles. The van der Waals surface area contributed by atoms with Crippen molar-refractivity contribution >= 4 is 30.9 Å². The van der Waals surface area contributed by atoms with E-state index < -0.39 is 25.0 Å². The van der Waals surface area contributed by atoms with Crippen LogP contribution >= 0.6 is 0 Å². The van der Waals surface area contributed by atoms with Gasteiger partial charge in [-0.2, -0.15) is 0 Å². The van der Waals surface area contributed by atoms with Gasteiger partial charge < -0.3 is 18.0 Å². The molecule has 8 heteroatoms. The van der Waals surface area contributed by atoms with E-state index in [4.69, 9.17) is 18.0 Å². The first kappa shape index (κ1) is 45.3. The van der Waals surface area contributed by atoms with Gasteiger partial charge in [-0.1, -0.05) is 111 Å². The molecule has 0 aromatic rings. The summed E-state index contributed by atoms with van der Waals surface area (Å²) < 4.78 is 24.7. The van der Waals surface area contributed by atoms with Crippen molar-refractivity contribution in [2.75, 3.05) is 7.11 Å². The van der Waals surface area contributed by atoms with E-state index in [1.807, 2.05) is 24.3 Å². The first-order valence-electron chi connectivity index (χ1n) is 17.4. The van der Waals surface area contributed by atoms with Crippen LogP contribution in [-0.4, -0.2) is 56.3 Å². The average Bonchev–Trinajstić information content (AvgIpc) is 2.91. The number of esters is 1. The van der Waals surface area contributed by atoms with E-state index in [0.29, 0.717) is 25.7 Å². The normalized spacial score (nSPS) is 15.7. The Morgan fingerprint density at radius 3 is 1.70 bits per heavy atom. The van der Waals surface area contributed by atoms with Gasteiger partial charge in [-0.25, -0.2) is 0 Å². The predicted octanol–water partition coefficient (Wildman–Crippen LogP) is 11.0. The topological polar surface area (TPSA) is 54.0 Å². The molecule has 0 heterocycles. The van der Waals surface area contributed by atoms with E-state index in [9.17, 15) is 4.79 Å². The van der Waals surface area contributed by atoms with Crippen LogP contribution in [-0.2, 0) is 22.8 Å². The third-order valence-electron chi connectivity index (χ3n) is 9.88. The molecule has 0 fully saturated rings. The summed E-state index contributed by atoms with van der Waals surface area (Å²) in [6, 6.07) is 0. The van der Waals surface area contributed by atoms with E-state index in [2.05, 4.69) is 144 Å². The lowest BCUT2D eigenvalue weighted by Crippen LogP contribution is -2.43. The Hall–Kier alpha value is -1.66. The Bertz CT molecular complexity index is 1170. The number of hydrogen-bond acceptors (Lipinski definition) is 5. The van der Waals surface area contributed by atoms with Gasteiger partial charge in [0.15, 0.2) is 25.0 Å². The molecule has 0 aliphatic rings. The molecular weight excluding hydrogens is 633 g/mol. The van der Waals surface area contributed by atoms with Gasteiger partial charge in [0.1, 0.15) is 6.10 Å². The van der Waals surface area contributed by atoms with E-state index in [1.54, 1.807) is 0 Å². The molecule has 0 spiro atoms. The zero-order valence-corrected chi connectivity index (χ0v) is 36.3. The highest BCUT2D eigenvalue weighted by Crippen LogP contribution is 2.39. The molecule has 0 amide bonds. The monoisotopic (exact) mass is 702 g/mol. The van der Waals surface area contributed by atoms with Crippen LogP contribution in [0.2, 0.25) is 54.4 Å². The summed E-state index contributed by atoms with van der Waals surface area (Å²) in [5.41, 5.74) is 0. The molecule has 3 atom stereocenters. The molecule has 0 N–H and O–H groups in total. The molecule has 0 bridgehead atoms. The van der Waals surface area contributed by atoms with Crippen LogP contribution in [0.15, 0.2) is 36.5 Å². The third kappa shape index (κ3) is 17.5. The van der Waals surface area contributed by atoms with Crippen molar-refractivity contribution in [3.8, 4) is 23.7 Å². The van der Waals surface area contributed by atoms with Crippen molar-refractivity contribution in [1.82, 2.24) is 0 Å². The molecule has 0 radical (unpaired) electrons. The van der Waals surface area contributed by atoms with Gasteiger partial charge in [0.05, 0.1) is 19.3 Å². The minimum Gasteiger partial charge on any atom is -0.469 e. The lowest BCUT2D eigenvalue weighted by molar-refractivity contribution is -0.140. The zero-order chi connectivity index (χ0) is 36.7. The fourth-order valence-electron chi connectivity index (χ4n) is 3.55. The Balaban J connectivity index is 5.81. The van der Waals surface area contributed by atoms with Gasteiger partial charge in [-0.05, 0) is 91.9 Å². The van der Waals surface area contributed by atoms with Crippen molar-refractivity contribution in [3.05, 3.63) is 36.5 Å². The molecule has 0 aliphatic heterocycles. The van der Waals surface area contributed by atoms with E-state index in [0.717, 1.165) is 6.42 Å². The minimum atomic E-state index is -2.02. The number of carbonyl (C=O) groups excluding carboxylic acids is 1. The summed E-state index contributed by atoms with van der Waals surface area (Å²) >= 11 is 0. The predicted molar refractivity (Wildman–Crippen MR) is 210 cm³/mol. The number of carbonyl (C=O) groups is 1. The van der Waals surface area contributed by atoms with Crippen molar-refractivity contribution in [2.45, 2.75) is 174 Å². The van der Waals surface area contributed by atoms with Gasteiger partial charge in [-0.3, -0.25) is 4.79 Å². The second-order valence-corrected chi connectivity index (χ2v) is 31.3. The molecule has 0 aromatic carbocycles. The molecule has 0 unspecified atom stereocenters. The Morgan fingerprint density at radius 1 is 0.702 bits per heavy atom. The summed E-state index contributed by atoms with van der Waals surface area (Å²) in [5.74, 6) is 12.8. The SMILES string of the molecule is CC[C@H](/C=C/C#CC[C@H](/C=C/C=C/C#C[C@H](CCCC(=O)OC)O[Si](C)(C)C(C)(C)C)O[Si](C)(C)C(C)(C)C)O[Si](C)(C)C(C)(C)C. The van der Waals surface area contributed by atoms with Crippen LogP contribution in [0.5, 0.6) is 0 Å². The highest BCUT2D eigenvalue weighted by atomic mass is 28.4. The number of methoxy groups -OCH3 is 1. The smallest absolute Gasteiger partial charge is 0.305 e. The van der Waals surface area contributed by atoms with E-state index >= 15 is 0 Å². The number of allylic oxidation sites excluding steroid dienone is 4. The fraction of sp³-hybridized carbons (Fsp3) is 0.718. The summed E-state index contributed by atoms with van der Waals surface area (Å²) in [6.45, 7) is 36.0. The lowest BCUT2D eigenvalue weighted by Gasteiger charge is -2.38. The average molecular weight is 703 g/mol. The summed E-state index contributed by atoms with van der Waals surface area (Å²) in [4.78, 5) is 11.6. The standard InChI is InChI=1S/C39H70O5Si3/c1-18-33(42-45(12,13)37(2,3)4)27-24-21-25-30-34(43-46(14,15)38(5,6)7)28-22-19-20-23-29-35(31-26-32-36(40)41-11)44-47(16,17)39(8,9)10/h19-20,22,24,27-28,33-35H,18,26,30-32H2,1-17H3/b20-19+,27-24+,28-22+/t33-,34+,35-/m1/s1. The molecule has 0 saturated carbocycles. The first-order chi connectivity index (χ1) is 21.3. The van der Waals surface area contributed by atoms with Crippen molar-refractivity contribution in [2.24, 2.45) is 0 Å². The number of hydrogen-bond donors (Lipinski definition) is 0. The van der Waals surface area contributed by atoms with Gasteiger partial charge in [0.25, 0.3) is 0 Å². The summed E-state index contributed by atoms with van der Waals surface area (Å²) in [6.07, 6.45) is 14.9. The molecule has 0 aromatic heterocycles. The second kappa shape index (κ2) is 19.5. The summed E-state index contributed by atoms with van der Waals surface area (Å²) in [5, 5.41) is 0.338. The molecule has 268 valence electrons.